The number of hydrogen-bond acceptors (Lipinski definition) is 6. The van der Waals surface area contributed by atoms with Gasteiger partial charge in [-0.2, -0.15) is 4.80 Å². The summed E-state index contributed by atoms with van der Waals surface area (Å²) >= 11 is 0. The lowest BCUT2D eigenvalue weighted by Crippen LogP contribution is -2.41. The maximum absolute atomic E-state index is 6.38. The Balaban J connectivity index is 1.38. The third-order valence-corrected chi connectivity index (χ3v) is 7.65. The van der Waals surface area contributed by atoms with Gasteiger partial charge in [-0.1, -0.05) is 43.0 Å². The van der Waals surface area contributed by atoms with Crippen LogP contribution in [0, 0.1) is 0 Å². The van der Waals surface area contributed by atoms with Crippen molar-refractivity contribution in [3.05, 3.63) is 66.9 Å². The smallest absolute Gasteiger partial charge is 0.534 e. The van der Waals surface area contributed by atoms with E-state index in [1.54, 1.807) is 4.80 Å². The fraction of sp³-hybridized carbons (Fsp3) is 0.333. The third kappa shape index (κ3) is 3.57. The van der Waals surface area contributed by atoms with Crippen molar-refractivity contribution < 1.29 is 18.6 Å². The maximum atomic E-state index is 6.38. The molecule has 2 aliphatic heterocycles. The summed E-state index contributed by atoms with van der Waals surface area (Å²) in [5, 5.41) is 11.7. The van der Waals surface area contributed by atoms with Crippen LogP contribution in [0.15, 0.2) is 66.9 Å². The summed E-state index contributed by atoms with van der Waals surface area (Å²) in [4.78, 5) is 1.66. The molecule has 2 fully saturated rings. The molecule has 0 N–H and O–H groups in total. The van der Waals surface area contributed by atoms with E-state index in [1.807, 2.05) is 56.3 Å². The molecule has 0 aliphatic carbocycles. The Morgan fingerprint density at radius 3 is 2.03 bits per heavy atom. The first kappa shape index (κ1) is 23.3. The van der Waals surface area contributed by atoms with Gasteiger partial charge in [0.1, 0.15) is 16.6 Å². The molecule has 0 bridgehead atoms. The molecule has 0 saturated carbocycles. The average Bonchev–Trinajstić information content (AvgIpc) is 3.44. The number of benzene rings is 3. The van der Waals surface area contributed by atoms with E-state index in [0.717, 1.165) is 38.4 Å². The molecule has 182 valence electrons. The summed E-state index contributed by atoms with van der Waals surface area (Å²) in [5.74, 6) is 0.626. The lowest BCUT2D eigenvalue weighted by Gasteiger charge is -2.32. The van der Waals surface area contributed by atoms with E-state index in [-0.39, 0.29) is 0 Å². The summed E-state index contributed by atoms with van der Waals surface area (Å²) in [7, 11) is -0.961. The van der Waals surface area contributed by atoms with Crippen molar-refractivity contribution in [3.63, 3.8) is 0 Å². The Bertz CT molecular complexity index is 1500. The molecular formula is C27H29B2N3O4. The zero-order valence-electron chi connectivity index (χ0n) is 21.5. The SMILES string of the molecule is C=C1OB(c2ccc(-n3nc4cc(B5OC(C)(C)C(C)(C)O5)c5ccccc5c4n3)cc2)OC1(C)C. The van der Waals surface area contributed by atoms with Gasteiger partial charge in [0.15, 0.2) is 0 Å². The van der Waals surface area contributed by atoms with Crippen LogP contribution in [0.1, 0.15) is 41.5 Å². The van der Waals surface area contributed by atoms with Gasteiger partial charge in [-0.15, -0.1) is 10.2 Å². The van der Waals surface area contributed by atoms with Crippen LogP contribution >= 0.6 is 0 Å². The molecule has 2 saturated heterocycles. The zero-order chi connectivity index (χ0) is 25.5. The van der Waals surface area contributed by atoms with E-state index in [0.29, 0.717) is 5.76 Å². The van der Waals surface area contributed by atoms with E-state index in [2.05, 4.69) is 46.4 Å². The molecule has 7 nitrogen and oxygen atoms in total. The summed E-state index contributed by atoms with van der Waals surface area (Å²) in [6.07, 6.45) is 0. The van der Waals surface area contributed by atoms with Gasteiger partial charge < -0.3 is 18.6 Å². The highest BCUT2D eigenvalue weighted by Crippen LogP contribution is 2.37. The molecule has 1 aromatic heterocycles. The third-order valence-electron chi connectivity index (χ3n) is 7.65. The van der Waals surface area contributed by atoms with E-state index >= 15 is 0 Å². The van der Waals surface area contributed by atoms with Gasteiger partial charge in [-0.3, -0.25) is 0 Å². The Hall–Kier alpha value is -3.13. The maximum Gasteiger partial charge on any atom is 0.563 e. The van der Waals surface area contributed by atoms with E-state index in [1.165, 1.54) is 0 Å². The van der Waals surface area contributed by atoms with Crippen LogP contribution in [-0.4, -0.2) is 46.0 Å². The number of nitrogens with zero attached hydrogens (tertiary/aromatic N) is 3. The van der Waals surface area contributed by atoms with E-state index < -0.39 is 31.0 Å². The summed E-state index contributed by atoms with van der Waals surface area (Å²) in [6, 6.07) is 18.1. The summed E-state index contributed by atoms with van der Waals surface area (Å²) in [5.41, 5.74) is 2.95. The standard InChI is InChI=1S/C27H29B2N3O4/c1-17-25(2,3)34-28(33-17)18-12-14-19(15-13-18)32-30-23-16-22(29-35-26(4,5)27(6,7)36-29)20-10-8-9-11-21(20)24(23)31-32/h8-16H,1H2,2-7H3. The first-order valence-electron chi connectivity index (χ1n) is 12.2. The summed E-state index contributed by atoms with van der Waals surface area (Å²) in [6.45, 7) is 16.1. The van der Waals surface area contributed by atoms with Crippen LogP contribution in [0.4, 0.5) is 0 Å². The second kappa shape index (κ2) is 7.68. The fourth-order valence-corrected chi connectivity index (χ4v) is 4.58. The highest BCUT2D eigenvalue weighted by atomic mass is 16.7. The van der Waals surface area contributed by atoms with Gasteiger partial charge in [0.25, 0.3) is 0 Å². The molecule has 0 spiro atoms. The normalized spacial score (nSPS) is 20.4. The topological polar surface area (TPSA) is 67.6 Å². The first-order chi connectivity index (χ1) is 17.0. The Labute approximate surface area is 211 Å². The number of hydrogen-bond donors (Lipinski definition) is 0. The van der Waals surface area contributed by atoms with Gasteiger partial charge in [0.05, 0.1) is 22.6 Å². The predicted molar refractivity (Wildman–Crippen MR) is 143 cm³/mol. The number of rotatable bonds is 3. The molecule has 2 aliphatic rings. The lowest BCUT2D eigenvalue weighted by molar-refractivity contribution is 0.00578. The van der Waals surface area contributed by atoms with Crippen molar-refractivity contribution in [2.24, 2.45) is 0 Å². The van der Waals surface area contributed by atoms with Crippen molar-refractivity contribution in [2.75, 3.05) is 0 Å². The minimum Gasteiger partial charge on any atom is -0.534 e. The highest BCUT2D eigenvalue weighted by molar-refractivity contribution is 6.65. The average molecular weight is 481 g/mol. The molecule has 4 aromatic rings. The van der Waals surface area contributed by atoms with Crippen molar-refractivity contribution in [1.29, 1.82) is 0 Å². The van der Waals surface area contributed by atoms with Gasteiger partial charge in [0.2, 0.25) is 0 Å². The number of fused-ring (bicyclic) bond motifs is 3. The fourth-order valence-electron chi connectivity index (χ4n) is 4.58. The molecule has 6 rings (SSSR count). The Kier molecular flexibility index (Phi) is 4.97. The molecule has 9 heteroatoms. The minimum atomic E-state index is -0.513. The van der Waals surface area contributed by atoms with Crippen LogP contribution in [0.25, 0.3) is 27.5 Å². The quantitative estimate of drug-likeness (QED) is 0.414. The van der Waals surface area contributed by atoms with Gasteiger partial charge >= 0.3 is 14.2 Å². The molecule has 0 radical (unpaired) electrons. The summed E-state index contributed by atoms with van der Waals surface area (Å²) < 4.78 is 24.6. The lowest BCUT2D eigenvalue weighted by atomic mass is 9.75. The van der Waals surface area contributed by atoms with E-state index in [4.69, 9.17) is 28.8 Å². The minimum absolute atomic E-state index is 0.429. The molecule has 0 unspecified atom stereocenters. The van der Waals surface area contributed by atoms with Crippen LogP contribution in [0.5, 0.6) is 0 Å². The largest absolute Gasteiger partial charge is 0.563 e. The molecule has 36 heavy (non-hydrogen) atoms. The van der Waals surface area contributed by atoms with Crippen molar-refractivity contribution in [3.8, 4) is 5.69 Å². The van der Waals surface area contributed by atoms with Gasteiger partial charge in [0, 0.05) is 5.39 Å². The monoisotopic (exact) mass is 481 g/mol. The van der Waals surface area contributed by atoms with Crippen molar-refractivity contribution >= 4 is 47.0 Å². The Morgan fingerprint density at radius 2 is 1.42 bits per heavy atom. The highest BCUT2D eigenvalue weighted by Gasteiger charge is 2.52. The van der Waals surface area contributed by atoms with E-state index in [9.17, 15) is 0 Å². The Morgan fingerprint density at radius 1 is 0.778 bits per heavy atom. The molecule has 3 heterocycles. The van der Waals surface area contributed by atoms with Crippen LogP contribution in [0.2, 0.25) is 0 Å². The molecular weight excluding hydrogens is 452 g/mol. The second-order valence-electron chi connectivity index (χ2n) is 11.0. The number of aromatic nitrogens is 3. The zero-order valence-corrected chi connectivity index (χ0v) is 21.5. The molecule has 0 amide bonds. The van der Waals surface area contributed by atoms with Crippen molar-refractivity contribution in [2.45, 2.75) is 58.3 Å². The molecule has 0 atom stereocenters. The van der Waals surface area contributed by atoms with Gasteiger partial charge in [-0.25, -0.2) is 0 Å². The predicted octanol–water partition coefficient (Wildman–Crippen LogP) is 3.91. The van der Waals surface area contributed by atoms with Crippen LogP contribution < -0.4 is 10.9 Å². The molecule has 3 aromatic carbocycles. The van der Waals surface area contributed by atoms with Crippen LogP contribution in [0.3, 0.4) is 0 Å². The second-order valence-corrected chi connectivity index (χ2v) is 11.0. The van der Waals surface area contributed by atoms with Gasteiger partial charge in [-0.05, 0) is 76.1 Å². The van der Waals surface area contributed by atoms with Crippen molar-refractivity contribution in [1.82, 2.24) is 15.0 Å². The first-order valence-corrected chi connectivity index (χ1v) is 12.2. The van der Waals surface area contributed by atoms with Crippen LogP contribution in [-0.2, 0) is 18.6 Å².